The summed E-state index contributed by atoms with van der Waals surface area (Å²) in [6, 6.07) is 8.23. The fourth-order valence-corrected chi connectivity index (χ4v) is 3.69. The monoisotopic (exact) mass is 402 g/mol. The van der Waals surface area contributed by atoms with Crippen LogP contribution in [0, 0.1) is 34.7 Å². The molecule has 1 saturated carbocycles. The van der Waals surface area contributed by atoms with Gasteiger partial charge in [-0.15, -0.1) is 0 Å². The van der Waals surface area contributed by atoms with E-state index in [4.69, 9.17) is 14.8 Å². The van der Waals surface area contributed by atoms with Crippen LogP contribution in [0.25, 0.3) is 0 Å². The number of nitrogens with zero attached hydrogens (tertiary/aromatic N) is 2. The van der Waals surface area contributed by atoms with Crippen molar-refractivity contribution < 1.29 is 27.5 Å². The molecule has 0 aromatic heterocycles. The van der Waals surface area contributed by atoms with E-state index in [1.54, 1.807) is 0 Å². The lowest BCUT2D eigenvalue weighted by atomic mass is 9.81. The molecule has 2 aliphatic rings. The van der Waals surface area contributed by atoms with Gasteiger partial charge in [-0.1, -0.05) is 0 Å². The molecular formula is C21H17F3N2O3. The zero-order chi connectivity index (χ0) is 20.5. The highest BCUT2D eigenvalue weighted by atomic mass is 19.1. The standard InChI is InChI=1S/C21H17F3N2O3/c22-15-3-12(11-25)4-18(10-15)29-19-7-14(8-19)21(27)26-20(1-2-28-26)13-5-16(23)9-17(24)6-13/h3-6,9-10,14,19-20H,1-2,7-8H2/t14?,19?,20-/m0/s1. The summed E-state index contributed by atoms with van der Waals surface area (Å²) in [5, 5.41) is 10.1. The number of carbonyl (C=O) groups is 1. The van der Waals surface area contributed by atoms with Crippen molar-refractivity contribution in [1.82, 2.24) is 5.06 Å². The van der Waals surface area contributed by atoms with Crippen LogP contribution in [-0.4, -0.2) is 23.7 Å². The van der Waals surface area contributed by atoms with E-state index in [0.29, 0.717) is 24.8 Å². The van der Waals surface area contributed by atoms with Gasteiger partial charge in [-0.25, -0.2) is 18.2 Å². The van der Waals surface area contributed by atoms with Gasteiger partial charge in [0.05, 0.1) is 24.3 Å². The maximum Gasteiger partial charge on any atom is 0.250 e. The van der Waals surface area contributed by atoms with Crippen LogP contribution in [0.15, 0.2) is 36.4 Å². The molecule has 8 heteroatoms. The molecule has 2 fully saturated rings. The number of ether oxygens (including phenoxy) is 1. The average molecular weight is 402 g/mol. The maximum atomic E-state index is 13.5. The molecule has 5 nitrogen and oxygen atoms in total. The Morgan fingerprint density at radius 3 is 2.45 bits per heavy atom. The smallest absolute Gasteiger partial charge is 0.250 e. The van der Waals surface area contributed by atoms with Crippen LogP contribution in [0.4, 0.5) is 13.2 Å². The molecule has 1 saturated heterocycles. The highest BCUT2D eigenvalue weighted by Crippen LogP contribution is 2.38. The second-order valence-corrected chi connectivity index (χ2v) is 7.20. The van der Waals surface area contributed by atoms with Gasteiger partial charge in [0.25, 0.3) is 0 Å². The Bertz CT molecular complexity index is 965. The Balaban J connectivity index is 1.39. The molecule has 0 radical (unpaired) electrons. The number of rotatable bonds is 4. The molecule has 0 N–H and O–H groups in total. The third-order valence-corrected chi connectivity index (χ3v) is 5.14. The number of hydrogen-bond donors (Lipinski definition) is 0. The molecule has 0 spiro atoms. The first kappa shape index (κ1) is 19.3. The molecule has 1 amide bonds. The van der Waals surface area contributed by atoms with Gasteiger partial charge in [0.1, 0.15) is 29.3 Å². The molecule has 1 heterocycles. The normalized spacial score (nSPS) is 23.4. The summed E-state index contributed by atoms with van der Waals surface area (Å²) < 4.78 is 46.2. The summed E-state index contributed by atoms with van der Waals surface area (Å²) in [6.45, 7) is 0.279. The Kier molecular flexibility index (Phi) is 5.16. The average Bonchev–Trinajstić information content (AvgIpc) is 3.12. The summed E-state index contributed by atoms with van der Waals surface area (Å²) in [4.78, 5) is 18.2. The molecule has 4 rings (SSSR count). The van der Waals surface area contributed by atoms with E-state index in [-0.39, 0.29) is 35.8 Å². The van der Waals surface area contributed by atoms with E-state index >= 15 is 0 Å². The van der Waals surface area contributed by atoms with Gasteiger partial charge in [-0.3, -0.25) is 9.63 Å². The molecule has 1 aliphatic heterocycles. The lowest BCUT2D eigenvalue weighted by molar-refractivity contribution is -0.187. The van der Waals surface area contributed by atoms with Crippen molar-refractivity contribution in [3.63, 3.8) is 0 Å². The second-order valence-electron chi connectivity index (χ2n) is 7.20. The van der Waals surface area contributed by atoms with E-state index in [0.717, 1.165) is 12.1 Å². The molecule has 0 unspecified atom stereocenters. The minimum absolute atomic E-state index is 0.155. The topological polar surface area (TPSA) is 62.6 Å². The fraction of sp³-hybridized carbons (Fsp3) is 0.333. The lowest BCUT2D eigenvalue weighted by Crippen LogP contribution is -2.45. The maximum absolute atomic E-state index is 13.5. The van der Waals surface area contributed by atoms with Gasteiger partial charge in [0.2, 0.25) is 5.91 Å². The SMILES string of the molecule is N#Cc1cc(F)cc(OC2CC(C(=O)N3OCC[C@H]3c3cc(F)cc(F)c3)C2)c1. The van der Waals surface area contributed by atoms with Gasteiger partial charge in [0, 0.05) is 24.5 Å². The van der Waals surface area contributed by atoms with Crippen LogP contribution in [0.3, 0.4) is 0 Å². The van der Waals surface area contributed by atoms with E-state index in [1.807, 2.05) is 6.07 Å². The predicted octanol–water partition coefficient (Wildman–Crippen LogP) is 4.04. The van der Waals surface area contributed by atoms with Crippen molar-refractivity contribution >= 4 is 5.91 Å². The van der Waals surface area contributed by atoms with Gasteiger partial charge in [0.15, 0.2) is 0 Å². The minimum Gasteiger partial charge on any atom is -0.490 e. The summed E-state index contributed by atoms with van der Waals surface area (Å²) in [5.74, 6) is -2.37. The summed E-state index contributed by atoms with van der Waals surface area (Å²) in [6.07, 6.45) is 0.967. The minimum atomic E-state index is -0.705. The third-order valence-electron chi connectivity index (χ3n) is 5.14. The van der Waals surface area contributed by atoms with Gasteiger partial charge >= 0.3 is 0 Å². The number of carbonyl (C=O) groups excluding carboxylic acids is 1. The first-order valence-corrected chi connectivity index (χ1v) is 9.22. The number of nitriles is 1. The van der Waals surface area contributed by atoms with Crippen LogP contribution in [0.5, 0.6) is 5.75 Å². The molecule has 2 aromatic carbocycles. The number of benzene rings is 2. The van der Waals surface area contributed by atoms with Crippen LogP contribution >= 0.6 is 0 Å². The largest absolute Gasteiger partial charge is 0.490 e. The van der Waals surface area contributed by atoms with Crippen LogP contribution in [0.1, 0.15) is 36.4 Å². The van der Waals surface area contributed by atoms with E-state index in [9.17, 15) is 18.0 Å². The molecule has 2 aromatic rings. The molecule has 29 heavy (non-hydrogen) atoms. The van der Waals surface area contributed by atoms with Crippen molar-refractivity contribution in [2.24, 2.45) is 5.92 Å². The second kappa shape index (κ2) is 7.76. The van der Waals surface area contributed by atoms with Gasteiger partial charge < -0.3 is 4.74 Å². The molecule has 0 bridgehead atoms. The van der Waals surface area contributed by atoms with Gasteiger partial charge in [-0.05, 0) is 42.7 Å². The van der Waals surface area contributed by atoms with Crippen molar-refractivity contribution in [3.05, 3.63) is 65.0 Å². The molecule has 1 atom stereocenters. The Morgan fingerprint density at radius 2 is 1.76 bits per heavy atom. The van der Waals surface area contributed by atoms with Crippen LogP contribution < -0.4 is 4.74 Å². The van der Waals surface area contributed by atoms with E-state index in [1.165, 1.54) is 29.3 Å². The zero-order valence-electron chi connectivity index (χ0n) is 15.3. The van der Waals surface area contributed by atoms with Gasteiger partial charge in [-0.2, -0.15) is 5.26 Å². The van der Waals surface area contributed by atoms with Crippen molar-refractivity contribution in [1.29, 1.82) is 5.26 Å². The van der Waals surface area contributed by atoms with E-state index in [2.05, 4.69) is 0 Å². The third kappa shape index (κ3) is 4.05. The molecular weight excluding hydrogens is 385 g/mol. The first-order valence-electron chi connectivity index (χ1n) is 9.22. The number of halogens is 3. The quantitative estimate of drug-likeness (QED) is 0.775. The fourth-order valence-electron chi connectivity index (χ4n) is 3.69. The van der Waals surface area contributed by atoms with Crippen LogP contribution in [-0.2, 0) is 9.63 Å². The number of hydroxylamine groups is 2. The summed E-state index contributed by atoms with van der Waals surface area (Å²) in [5.41, 5.74) is 0.506. The Hall–Kier alpha value is -3.05. The summed E-state index contributed by atoms with van der Waals surface area (Å²) in [7, 11) is 0. The first-order chi connectivity index (χ1) is 13.9. The predicted molar refractivity (Wildman–Crippen MR) is 94.8 cm³/mol. The summed E-state index contributed by atoms with van der Waals surface area (Å²) >= 11 is 0. The van der Waals surface area contributed by atoms with Crippen LogP contribution in [0.2, 0.25) is 0 Å². The highest BCUT2D eigenvalue weighted by Gasteiger charge is 2.43. The highest BCUT2D eigenvalue weighted by molar-refractivity contribution is 5.79. The van der Waals surface area contributed by atoms with E-state index < -0.39 is 23.5 Å². The Morgan fingerprint density at radius 1 is 1.07 bits per heavy atom. The zero-order valence-corrected chi connectivity index (χ0v) is 15.3. The number of amides is 1. The van der Waals surface area contributed by atoms with Crippen molar-refractivity contribution in [3.8, 4) is 11.8 Å². The number of hydrogen-bond acceptors (Lipinski definition) is 4. The Labute approximate surface area is 165 Å². The van der Waals surface area contributed by atoms with Crippen molar-refractivity contribution in [2.45, 2.75) is 31.4 Å². The lowest BCUT2D eigenvalue weighted by Gasteiger charge is -2.37. The van der Waals surface area contributed by atoms with Crippen molar-refractivity contribution in [2.75, 3.05) is 6.61 Å². The molecule has 1 aliphatic carbocycles. The molecule has 150 valence electrons.